The first-order valence-corrected chi connectivity index (χ1v) is 10.4. The van der Waals surface area contributed by atoms with Crippen molar-refractivity contribution in [2.24, 2.45) is 7.05 Å². The minimum absolute atomic E-state index is 0.112. The summed E-state index contributed by atoms with van der Waals surface area (Å²) in [5.74, 6) is -0.237. The zero-order chi connectivity index (χ0) is 20.9. The van der Waals surface area contributed by atoms with Crippen molar-refractivity contribution in [1.82, 2.24) is 19.7 Å². The van der Waals surface area contributed by atoms with E-state index in [0.29, 0.717) is 5.69 Å². The van der Waals surface area contributed by atoms with E-state index in [-0.39, 0.29) is 11.2 Å². The van der Waals surface area contributed by atoms with Crippen molar-refractivity contribution >= 4 is 34.1 Å². The molecule has 0 bridgehead atoms. The van der Waals surface area contributed by atoms with E-state index >= 15 is 0 Å². The number of hydrogen-bond acceptors (Lipinski definition) is 5. The van der Waals surface area contributed by atoms with Crippen LogP contribution in [-0.2, 0) is 7.05 Å². The van der Waals surface area contributed by atoms with Gasteiger partial charge >= 0.3 is 0 Å². The Bertz CT molecular complexity index is 1200. The Kier molecular flexibility index (Phi) is 5.90. The average Bonchev–Trinajstić information content (AvgIpc) is 3.17. The third-order valence-corrected chi connectivity index (χ3v) is 6.01. The number of nitrogens with one attached hydrogen (secondary N) is 1. The lowest BCUT2D eigenvalue weighted by Crippen LogP contribution is -2.13. The minimum atomic E-state index is -0.237. The lowest BCUT2D eigenvalue weighted by molar-refractivity contribution is 0.102. The van der Waals surface area contributed by atoms with Crippen LogP contribution in [0.3, 0.4) is 0 Å². The molecule has 30 heavy (non-hydrogen) atoms. The van der Waals surface area contributed by atoms with Gasteiger partial charge in [0.1, 0.15) is 12.0 Å². The van der Waals surface area contributed by atoms with Gasteiger partial charge in [0.2, 0.25) is 0 Å². The van der Waals surface area contributed by atoms with Gasteiger partial charge in [0.25, 0.3) is 5.91 Å². The SMILES string of the molecule is C=CCC(Sc1nncn1C)c1cccc(NC(=O)c2cc3ccccc3cn2)c1. The van der Waals surface area contributed by atoms with Gasteiger partial charge < -0.3 is 9.88 Å². The fourth-order valence-electron chi connectivity index (χ4n) is 3.13. The molecule has 7 heteroatoms. The number of carbonyl (C=O) groups excluding carboxylic acids is 1. The largest absolute Gasteiger partial charge is 0.321 e. The first-order valence-electron chi connectivity index (χ1n) is 9.51. The molecule has 0 fully saturated rings. The molecule has 0 saturated heterocycles. The van der Waals surface area contributed by atoms with Gasteiger partial charge in [-0.25, -0.2) is 0 Å². The van der Waals surface area contributed by atoms with Crippen LogP contribution < -0.4 is 5.32 Å². The first kappa shape index (κ1) is 19.8. The van der Waals surface area contributed by atoms with E-state index in [1.807, 2.05) is 66.2 Å². The average molecular weight is 416 g/mol. The lowest BCUT2D eigenvalue weighted by atomic mass is 10.1. The molecule has 1 unspecified atom stereocenters. The van der Waals surface area contributed by atoms with Gasteiger partial charge in [-0.3, -0.25) is 9.78 Å². The van der Waals surface area contributed by atoms with Crippen LogP contribution in [0.1, 0.15) is 27.7 Å². The molecule has 0 aliphatic heterocycles. The molecule has 150 valence electrons. The molecule has 0 radical (unpaired) electrons. The quantitative estimate of drug-likeness (QED) is 0.339. The van der Waals surface area contributed by atoms with Gasteiger partial charge in [0.15, 0.2) is 5.16 Å². The number of thioether (sulfide) groups is 1. The summed E-state index contributed by atoms with van der Waals surface area (Å²) in [5.41, 5.74) is 2.18. The molecule has 2 aromatic heterocycles. The fourth-order valence-corrected chi connectivity index (χ4v) is 4.21. The third kappa shape index (κ3) is 4.41. The van der Waals surface area contributed by atoms with E-state index in [2.05, 4.69) is 27.1 Å². The first-order chi connectivity index (χ1) is 14.6. The molecule has 0 aliphatic carbocycles. The number of rotatable bonds is 7. The molecule has 1 N–H and O–H groups in total. The Balaban J connectivity index is 1.54. The number of hydrogen-bond donors (Lipinski definition) is 1. The maximum Gasteiger partial charge on any atom is 0.274 e. The number of fused-ring (bicyclic) bond motifs is 1. The van der Waals surface area contributed by atoms with Gasteiger partial charge in [0, 0.05) is 29.6 Å². The monoisotopic (exact) mass is 415 g/mol. The summed E-state index contributed by atoms with van der Waals surface area (Å²) in [6.07, 6.45) is 6.05. The molecular formula is C23H21N5OS. The number of pyridine rings is 1. The molecule has 6 nitrogen and oxygen atoms in total. The van der Waals surface area contributed by atoms with Gasteiger partial charge in [-0.15, -0.1) is 16.8 Å². The van der Waals surface area contributed by atoms with Crippen LogP contribution in [0.4, 0.5) is 5.69 Å². The summed E-state index contributed by atoms with van der Waals surface area (Å²) in [6, 6.07) is 17.5. The normalized spacial score (nSPS) is 11.9. The van der Waals surface area contributed by atoms with Gasteiger partial charge in [-0.2, -0.15) is 0 Å². The smallest absolute Gasteiger partial charge is 0.274 e. The number of allylic oxidation sites excluding steroid dienone is 1. The van der Waals surface area contributed by atoms with Crippen molar-refractivity contribution in [2.75, 3.05) is 5.32 Å². The molecule has 0 aliphatic rings. The van der Waals surface area contributed by atoms with Crippen molar-refractivity contribution in [3.8, 4) is 0 Å². The summed E-state index contributed by atoms with van der Waals surface area (Å²) in [6.45, 7) is 3.88. The highest BCUT2D eigenvalue weighted by molar-refractivity contribution is 7.99. The zero-order valence-electron chi connectivity index (χ0n) is 16.5. The molecule has 2 aromatic carbocycles. The molecule has 1 amide bonds. The van der Waals surface area contributed by atoms with Crippen molar-refractivity contribution < 1.29 is 4.79 Å². The predicted octanol–water partition coefficient (Wildman–Crippen LogP) is 5.03. The maximum atomic E-state index is 12.7. The Hall–Kier alpha value is -3.45. The Morgan fingerprint density at radius 1 is 1.20 bits per heavy atom. The molecule has 1 atom stereocenters. The van der Waals surface area contributed by atoms with Crippen molar-refractivity contribution in [1.29, 1.82) is 0 Å². The van der Waals surface area contributed by atoms with Crippen molar-refractivity contribution in [2.45, 2.75) is 16.8 Å². The minimum Gasteiger partial charge on any atom is -0.321 e. The second kappa shape index (κ2) is 8.92. The standard InChI is InChI=1S/C23H21N5OS/c1-3-7-21(30-23-27-25-15-28(23)2)17-10-6-11-19(12-17)26-22(29)20-13-16-8-4-5-9-18(16)14-24-20/h3-6,8-15,21H,1,7H2,2H3,(H,26,29). The van der Waals surface area contributed by atoms with Gasteiger partial charge in [-0.05, 0) is 35.6 Å². The van der Waals surface area contributed by atoms with Crippen molar-refractivity contribution in [3.63, 3.8) is 0 Å². The van der Waals surface area contributed by atoms with Crippen LogP contribution in [0.5, 0.6) is 0 Å². The summed E-state index contributed by atoms with van der Waals surface area (Å²) >= 11 is 1.62. The van der Waals surface area contributed by atoms with Crippen LogP contribution in [0.15, 0.2) is 84.9 Å². The molecule has 0 saturated carbocycles. The summed E-state index contributed by atoms with van der Waals surface area (Å²) in [5, 5.41) is 14.0. The topological polar surface area (TPSA) is 72.7 Å². The number of aromatic nitrogens is 4. The van der Waals surface area contributed by atoms with Gasteiger partial charge in [-0.1, -0.05) is 54.2 Å². The lowest BCUT2D eigenvalue weighted by Gasteiger charge is -2.16. The summed E-state index contributed by atoms with van der Waals surface area (Å²) in [4.78, 5) is 17.1. The number of aryl methyl sites for hydroxylation is 1. The Labute approximate surface area is 179 Å². The predicted molar refractivity (Wildman–Crippen MR) is 121 cm³/mol. The summed E-state index contributed by atoms with van der Waals surface area (Å²) < 4.78 is 1.89. The van der Waals surface area contributed by atoms with Gasteiger partial charge in [0.05, 0.1) is 0 Å². The zero-order valence-corrected chi connectivity index (χ0v) is 17.3. The third-order valence-electron chi connectivity index (χ3n) is 4.68. The van der Waals surface area contributed by atoms with Crippen LogP contribution in [0.25, 0.3) is 10.8 Å². The second-order valence-corrected chi connectivity index (χ2v) is 8.02. The van der Waals surface area contributed by atoms with Crippen LogP contribution in [-0.4, -0.2) is 25.7 Å². The number of benzene rings is 2. The molecular weight excluding hydrogens is 394 g/mol. The van der Waals surface area contributed by atoms with Crippen molar-refractivity contribution in [3.05, 3.63) is 91.0 Å². The van der Waals surface area contributed by atoms with E-state index in [4.69, 9.17) is 0 Å². The Morgan fingerprint density at radius 2 is 2.03 bits per heavy atom. The fraction of sp³-hybridized carbons (Fsp3) is 0.130. The summed E-state index contributed by atoms with van der Waals surface area (Å²) in [7, 11) is 1.92. The molecule has 0 spiro atoms. The van der Waals surface area contributed by atoms with Crippen LogP contribution in [0, 0.1) is 0 Å². The maximum absolute atomic E-state index is 12.7. The second-order valence-electron chi connectivity index (χ2n) is 6.85. The highest BCUT2D eigenvalue weighted by atomic mass is 32.2. The highest BCUT2D eigenvalue weighted by Gasteiger charge is 2.16. The van der Waals surface area contributed by atoms with E-state index in [0.717, 1.165) is 33.6 Å². The number of carbonyl (C=O) groups is 1. The van der Waals surface area contributed by atoms with E-state index in [1.54, 1.807) is 30.4 Å². The van der Waals surface area contributed by atoms with Crippen LogP contribution >= 0.6 is 11.8 Å². The molecule has 2 heterocycles. The Morgan fingerprint density at radius 3 is 2.80 bits per heavy atom. The van der Waals surface area contributed by atoms with Crippen LogP contribution in [0.2, 0.25) is 0 Å². The van der Waals surface area contributed by atoms with E-state index < -0.39 is 0 Å². The number of anilines is 1. The number of nitrogens with zero attached hydrogens (tertiary/aromatic N) is 4. The molecule has 4 rings (SSSR count). The van der Waals surface area contributed by atoms with E-state index in [1.165, 1.54) is 0 Å². The number of amides is 1. The molecule has 4 aromatic rings. The van der Waals surface area contributed by atoms with E-state index in [9.17, 15) is 4.79 Å². The highest BCUT2D eigenvalue weighted by Crippen LogP contribution is 2.37.